The van der Waals surface area contributed by atoms with Gasteiger partial charge in [-0.1, -0.05) is 73.2 Å². The molecule has 34 atom stereocenters. The van der Waals surface area contributed by atoms with Gasteiger partial charge < -0.3 is 73.8 Å². The number of nitro groups is 1. The highest BCUT2D eigenvalue weighted by Gasteiger charge is 2.63. The molecule has 0 bridgehead atoms. The van der Waals surface area contributed by atoms with Crippen LogP contribution in [0.3, 0.4) is 0 Å². The molecule has 14 fully saturated rings. The monoisotopic (exact) mass is 1880 g/mol. The van der Waals surface area contributed by atoms with Crippen LogP contribution >= 0.6 is 11.9 Å². The van der Waals surface area contributed by atoms with Crippen molar-refractivity contribution < 1.29 is 105 Å². The molecule has 135 heavy (non-hydrogen) atoms. The number of nitrogens with two attached hydrogens (primary N) is 1. The molecule has 10 aliphatic carbocycles. The number of amides is 3. The number of aldehydes is 1. The highest BCUT2D eigenvalue weighted by atomic mass is 35.5. The number of hydrogen-bond acceptors (Lipinski definition) is 26. The summed E-state index contributed by atoms with van der Waals surface area (Å²) < 4.78 is 46.4. The van der Waals surface area contributed by atoms with Crippen molar-refractivity contribution in [1.29, 1.82) is 0 Å². The van der Waals surface area contributed by atoms with Crippen LogP contribution in [0.4, 0.5) is 31.4 Å². The maximum atomic E-state index is 12.7. The molecule has 0 spiro atoms. The van der Waals surface area contributed by atoms with Gasteiger partial charge in [0.1, 0.15) is 48.7 Å². The molecule has 21 rings (SSSR count). The second-order valence-corrected chi connectivity index (χ2v) is 41.3. The van der Waals surface area contributed by atoms with Crippen molar-refractivity contribution in [2.45, 2.75) is 271 Å². The second-order valence-electron chi connectivity index (χ2n) is 41.1. The van der Waals surface area contributed by atoms with E-state index in [2.05, 4.69) is 87.6 Å². The summed E-state index contributed by atoms with van der Waals surface area (Å²) in [6, 6.07) is 24.8. The van der Waals surface area contributed by atoms with Crippen molar-refractivity contribution in [3.8, 4) is 0 Å². The standard InChI is InChI=1S/C24H30N2O4.C21H22N2O4.C21H26N2O2.C17H25NO6.C17H25NO5.C3H5ClO2/c1-3-29-24(28)25-16-8-9-17-15(10-16)11-18-21(13(2)30-23(18)27)22(17)20-12-14-6-4-5-7-19(14)26-20;1-11-19-16(21(24)27-11)9-13-8-14(23(25)26)6-7-15(13)20(19)18-10-12-4-2-3-5-17(12)22-18;1-11-19-16(21(24)25-11)9-13-8-14(22)6-7-15(13)20(19)18-10-12-4-2-3-5-17(12)23-18;1-3-23-17(22)18-10-4-5-11-9(6-10)7-12-13(14(11)15(19)20)8(2)24-16(12)21;1-3-22-17(21)18-11-4-5-12-10(6-11)7-13-15(14(12)8-19)9(2)23-16(13)20;1-2-3(5)6-4/h4-7,13,15-18,21-22H,3,8-12H2,1-2H3,(H,25,28);2-5,9,11,14-16,19-20H,6-8,10H2,1H3;2-5,11,13-16,19-20H,6-10,22H2,1H3;8-14H,3-7H2,1-2H3,(H,18,22)(H,19,20);8-15H,3-7H2,1-2H3,(H,18,21);2H2,1H3/t13-,15+,16-,17-,18-,21-,22-;11-,14-,15-,16-,19-,20-;11-,13?,14-,15-,16-,19-,20-;8-,9+,10-,11-,12-,13-,14+;9-,10+,11-,12-,13-,14+,15-;/m11111./s1. The number of rotatable bonds is 13. The molecule has 9 saturated carbocycles. The van der Waals surface area contributed by atoms with Crippen LogP contribution in [0.25, 0.3) is 0 Å². The Hall–Kier alpha value is -10.2. The molecular formula is C103H133ClN8O23. The number of carboxylic acid groups (broad SMARTS) is 1. The number of cyclic esters (lactones) is 5. The lowest BCUT2D eigenvalue weighted by Gasteiger charge is -2.48. The van der Waals surface area contributed by atoms with E-state index in [4.69, 9.17) is 58.6 Å². The fourth-order valence-electron chi connectivity index (χ4n) is 28.5. The summed E-state index contributed by atoms with van der Waals surface area (Å²) in [5, 5.41) is 29.9. The third-order valence-electron chi connectivity index (χ3n) is 33.9. The molecule has 18 aliphatic rings. The van der Waals surface area contributed by atoms with Crippen LogP contribution in [-0.2, 0) is 99.8 Å². The van der Waals surface area contributed by atoms with E-state index in [9.17, 15) is 68.0 Å². The summed E-state index contributed by atoms with van der Waals surface area (Å²) in [5.74, 6) is 0.770. The lowest BCUT2D eigenvalue weighted by molar-refractivity contribution is -0.524. The van der Waals surface area contributed by atoms with Crippen molar-refractivity contribution in [1.82, 2.24) is 16.0 Å². The van der Waals surface area contributed by atoms with Crippen LogP contribution in [0.2, 0.25) is 0 Å². The zero-order chi connectivity index (χ0) is 95.6. The molecular weight excluding hydrogens is 1750 g/mol. The largest absolute Gasteiger partial charge is 0.481 e. The van der Waals surface area contributed by atoms with Gasteiger partial charge in [0.25, 0.3) is 0 Å². The maximum Gasteiger partial charge on any atom is 0.407 e. The quantitative estimate of drug-likeness (QED) is 0.0265. The molecule has 8 aliphatic heterocycles. The Balaban J connectivity index is 0.000000121. The van der Waals surface area contributed by atoms with Gasteiger partial charge in [0.2, 0.25) is 6.04 Å². The fraction of sp³-hybridized carbons (Fsp3) is 0.670. The third-order valence-corrected chi connectivity index (χ3v) is 34.1. The third kappa shape index (κ3) is 20.6. The Labute approximate surface area is 793 Å². The zero-order valence-corrected chi connectivity index (χ0v) is 79.5. The number of carbonyl (C=O) groups excluding carboxylic acids is 10. The van der Waals surface area contributed by atoms with Crippen molar-refractivity contribution >= 4 is 112 Å². The first-order valence-corrected chi connectivity index (χ1v) is 50.1. The van der Waals surface area contributed by atoms with Gasteiger partial charge in [-0.15, -0.1) is 0 Å². The number of para-hydroxylation sites is 3. The maximum absolute atomic E-state index is 12.7. The predicted octanol–water partition coefficient (Wildman–Crippen LogP) is 15.6. The normalized spacial score (nSPS) is 38.2. The first-order valence-electron chi connectivity index (χ1n) is 49.8. The van der Waals surface area contributed by atoms with E-state index in [0.29, 0.717) is 87.4 Å². The number of esters is 5. The van der Waals surface area contributed by atoms with Crippen LogP contribution in [0, 0.1) is 152 Å². The Morgan fingerprint density at radius 2 is 0.852 bits per heavy atom. The van der Waals surface area contributed by atoms with Crippen LogP contribution < -0.4 is 21.7 Å². The minimum atomic E-state index is -0.832. The van der Waals surface area contributed by atoms with Gasteiger partial charge in [0, 0.05) is 138 Å². The van der Waals surface area contributed by atoms with E-state index in [0.717, 1.165) is 150 Å². The molecule has 3 aromatic carbocycles. The Kier molecular flexibility index (Phi) is 30.8. The average Bonchev–Trinajstić information content (AvgIpc) is 1.54. The van der Waals surface area contributed by atoms with Crippen molar-refractivity contribution in [3.05, 3.63) is 111 Å². The fourth-order valence-corrected chi connectivity index (χ4v) is 28.6. The molecule has 8 heterocycles. The van der Waals surface area contributed by atoms with Crippen LogP contribution in [-0.4, -0.2) is 174 Å². The van der Waals surface area contributed by atoms with Crippen molar-refractivity contribution in [3.63, 3.8) is 0 Å². The van der Waals surface area contributed by atoms with E-state index < -0.39 is 30.0 Å². The molecule has 3 aromatic rings. The van der Waals surface area contributed by atoms with E-state index in [1.54, 1.807) is 27.7 Å². The van der Waals surface area contributed by atoms with E-state index in [-0.39, 0.29) is 202 Å². The zero-order valence-electron chi connectivity index (χ0n) is 78.8. The number of benzene rings is 3. The van der Waals surface area contributed by atoms with Crippen molar-refractivity contribution in [2.75, 3.05) is 19.8 Å². The summed E-state index contributed by atoms with van der Waals surface area (Å²) in [5.41, 5.74) is 18.0. The van der Waals surface area contributed by atoms with Gasteiger partial charge in [-0.3, -0.25) is 58.7 Å². The Bertz CT molecular complexity index is 5070. The molecule has 5 saturated heterocycles. The summed E-state index contributed by atoms with van der Waals surface area (Å²) >= 11 is 4.60. The number of halogens is 1. The molecule has 3 amide bonds. The van der Waals surface area contributed by atoms with E-state index >= 15 is 0 Å². The summed E-state index contributed by atoms with van der Waals surface area (Å²) in [4.78, 5) is 156. The van der Waals surface area contributed by atoms with Gasteiger partial charge in [0.05, 0.1) is 72.4 Å². The summed E-state index contributed by atoms with van der Waals surface area (Å²) in [7, 11) is 0. The van der Waals surface area contributed by atoms with Gasteiger partial charge in [0.15, 0.2) is 0 Å². The summed E-state index contributed by atoms with van der Waals surface area (Å²) in [6.45, 7) is 17.9. The van der Waals surface area contributed by atoms with Gasteiger partial charge in [-0.25, -0.2) is 14.4 Å². The Morgan fingerprint density at radius 1 is 0.474 bits per heavy atom. The summed E-state index contributed by atoms with van der Waals surface area (Å²) in [6.07, 6.45) is 20.1. The molecule has 0 radical (unpaired) electrons. The van der Waals surface area contributed by atoms with Gasteiger partial charge in [-0.05, 0) is 253 Å². The average molecular weight is 1890 g/mol. The number of fused-ring (bicyclic) bond motifs is 13. The lowest BCUT2D eigenvalue weighted by Crippen LogP contribution is -2.51. The molecule has 32 heteroatoms. The van der Waals surface area contributed by atoms with E-state index in [1.807, 2.05) is 58.0 Å². The SMILES string of the molecule is CCC(=O)OCl.CCOC(=O)N[C@@H]1CC[C@@H]2[C@@H](C1)C[C@H]1C(=O)O[C@H](C)[C@H]1[C@H]2C(=O)O.CCOC(=O)N[C@@H]1CC[C@@H]2[C@@H](C1)C[C@H]1C(=O)O[C@H](C)[C@H]1[C@H]2C1=Nc2ccccc2C1.CCOC(=O)N[C@@H]1CC[C@@H]2[C@@H](C1)C[C@H]1C(=O)O[C@H](C)[C@H]1[C@H]2C=O.C[C@H]1OC(=O)[C@@H]2C=C3C[C@H]([N+](=O)[O-])CC[C@H]3[C@H](C3=Nc4ccccc4C3)[C@H]12.C[C@H]1OC(=O)[C@@H]2CC3C[C@H](N)CC[C@H]3[C@H](C3=Nc4ccccc4C3)[C@H]12. The van der Waals surface area contributed by atoms with Crippen LogP contribution in [0.5, 0.6) is 0 Å². The second kappa shape index (κ2) is 42.4. The topological polar surface area (TPSA) is 433 Å². The van der Waals surface area contributed by atoms with Gasteiger partial charge in [-0.2, -0.15) is 0 Å². The van der Waals surface area contributed by atoms with Crippen molar-refractivity contribution in [2.24, 2.45) is 163 Å². The van der Waals surface area contributed by atoms with Crippen LogP contribution in [0.15, 0.2) is 99.4 Å². The number of nitrogens with zero attached hydrogens (tertiary/aromatic N) is 4. The minimum Gasteiger partial charge on any atom is -0.481 e. The molecule has 6 N–H and O–H groups in total. The smallest absolute Gasteiger partial charge is 0.407 e. The number of carbonyl (C=O) groups is 11. The molecule has 1 unspecified atom stereocenters. The number of ether oxygens (including phenoxy) is 8. The molecule has 0 aromatic heterocycles. The van der Waals surface area contributed by atoms with E-state index in [1.165, 1.54) is 28.1 Å². The predicted molar refractivity (Wildman–Crippen MR) is 496 cm³/mol. The highest BCUT2D eigenvalue weighted by molar-refractivity contribution is 6.13. The molecule has 730 valence electrons. The van der Waals surface area contributed by atoms with Crippen LogP contribution in [0.1, 0.15) is 207 Å². The highest BCUT2D eigenvalue weighted by Crippen LogP contribution is 2.60. The number of hydrogen-bond donors (Lipinski definition) is 5. The number of alkyl carbamates (subject to hydrolysis) is 3. The number of aliphatic carboxylic acids is 1. The first kappa shape index (κ1) is 97.9. The Morgan fingerprint density at radius 3 is 1.27 bits per heavy atom. The minimum absolute atomic E-state index is 0.00506. The van der Waals surface area contributed by atoms with Gasteiger partial charge >= 0.3 is 60.1 Å². The number of aliphatic imine (C=N–C) groups is 3. The number of carboxylic acids is 1. The first-order chi connectivity index (χ1) is 65.0. The molecule has 31 nitrogen and oxygen atoms in total. The number of nitrogens with one attached hydrogen (secondary N) is 3. The lowest BCUT2D eigenvalue weighted by atomic mass is 9.55.